The SMILES string of the molecule is CC(=O)N1CC(n2ccc(S(=O)(=O)Cl)n2)C1.CC(=O)N1CC(n2ccc(S(N)(=O)=O)n2)C1. The maximum Gasteiger partial charge on any atom is 0.280 e. The van der Waals surface area contributed by atoms with Crippen molar-refractivity contribution in [2.45, 2.75) is 36.0 Å². The molecule has 2 aliphatic heterocycles. The summed E-state index contributed by atoms with van der Waals surface area (Å²) >= 11 is 0. The van der Waals surface area contributed by atoms with E-state index < -0.39 is 19.1 Å². The Hall–Kier alpha value is -2.49. The number of nitrogens with zero attached hydrogens (tertiary/aromatic N) is 6. The first-order chi connectivity index (χ1) is 14.8. The van der Waals surface area contributed by atoms with E-state index in [1.165, 1.54) is 35.3 Å². The summed E-state index contributed by atoms with van der Waals surface area (Å²) in [6, 6.07) is 2.78. The number of likely N-dealkylation sites (tertiary alicyclic amines) is 2. The molecule has 0 radical (unpaired) electrons. The Morgan fingerprint density at radius 1 is 0.875 bits per heavy atom. The van der Waals surface area contributed by atoms with Crippen molar-refractivity contribution in [3.63, 3.8) is 0 Å². The van der Waals surface area contributed by atoms with E-state index in [-0.39, 0.29) is 33.9 Å². The number of halogens is 1. The van der Waals surface area contributed by atoms with E-state index in [0.29, 0.717) is 26.2 Å². The van der Waals surface area contributed by atoms with Gasteiger partial charge in [-0.25, -0.2) is 22.0 Å². The molecule has 0 aliphatic carbocycles. The van der Waals surface area contributed by atoms with Gasteiger partial charge in [-0.3, -0.25) is 19.0 Å². The number of primary sulfonamides is 1. The molecule has 176 valence electrons. The number of hydrogen-bond acceptors (Lipinski definition) is 8. The summed E-state index contributed by atoms with van der Waals surface area (Å²) in [6.45, 7) is 5.21. The van der Waals surface area contributed by atoms with Crippen molar-refractivity contribution in [2.24, 2.45) is 5.14 Å². The lowest BCUT2D eigenvalue weighted by atomic mass is 10.1. The largest absolute Gasteiger partial charge is 0.339 e. The van der Waals surface area contributed by atoms with Gasteiger partial charge in [-0.15, -0.1) is 0 Å². The molecule has 0 aromatic carbocycles. The van der Waals surface area contributed by atoms with Crippen LogP contribution < -0.4 is 5.14 Å². The molecule has 0 atom stereocenters. The summed E-state index contributed by atoms with van der Waals surface area (Å²) in [5.74, 6) is 0.0173. The van der Waals surface area contributed by atoms with E-state index in [1.54, 1.807) is 22.2 Å². The van der Waals surface area contributed by atoms with E-state index in [9.17, 15) is 26.4 Å². The van der Waals surface area contributed by atoms with Gasteiger partial charge in [0.1, 0.15) is 0 Å². The minimum absolute atomic E-state index is 0.00796. The third kappa shape index (κ3) is 5.46. The Kier molecular flexibility index (Phi) is 6.65. The van der Waals surface area contributed by atoms with E-state index >= 15 is 0 Å². The summed E-state index contributed by atoms with van der Waals surface area (Å²) in [7, 11) is -2.36. The molecule has 0 bridgehead atoms. The predicted octanol–water partition coefficient (Wildman–Crippen LogP) is -0.852. The van der Waals surface area contributed by atoms with Crippen molar-refractivity contribution in [1.29, 1.82) is 0 Å². The average molecular weight is 508 g/mol. The lowest BCUT2D eigenvalue weighted by Gasteiger charge is -2.38. The molecule has 0 saturated carbocycles. The standard InChI is InChI=1S/C8H10ClN3O3S.C8H12N4O3S/c2*1-6(13)11-4-7(5-11)12-3-2-8(10-12)16(9,14)15/h2-3,7H,4-5H2,1H3;2-3,7H,4-5H2,1H3,(H2,9,14,15). The number of rotatable bonds is 4. The fraction of sp³-hybridized carbons (Fsp3) is 0.500. The minimum Gasteiger partial charge on any atom is -0.339 e. The number of sulfonamides is 1. The quantitative estimate of drug-likeness (QED) is 0.521. The number of nitrogens with two attached hydrogens (primary N) is 1. The molecule has 32 heavy (non-hydrogen) atoms. The minimum atomic E-state index is -3.77. The second-order valence-corrected chi connectivity index (χ2v) is 11.4. The summed E-state index contributed by atoms with van der Waals surface area (Å²) in [5, 5.41) is 12.4. The van der Waals surface area contributed by atoms with E-state index in [2.05, 4.69) is 10.2 Å². The highest BCUT2D eigenvalue weighted by Gasteiger charge is 2.32. The highest BCUT2D eigenvalue weighted by atomic mass is 35.7. The predicted molar refractivity (Wildman–Crippen MR) is 111 cm³/mol. The van der Waals surface area contributed by atoms with Crippen molar-refractivity contribution < 1.29 is 26.4 Å². The molecule has 2 N–H and O–H groups in total. The first-order valence-corrected chi connectivity index (χ1v) is 13.2. The average Bonchev–Trinajstić information content (AvgIpc) is 3.20. The van der Waals surface area contributed by atoms with Crippen LogP contribution in [-0.2, 0) is 28.7 Å². The number of amides is 2. The number of hydrogen-bond donors (Lipinski definition) is 1. The maximum atomic E-state index is 11.0. The number of aromatic nitrogens is 4. The molecule has 16 heteroatoms. The van der Waals surface area contributed by atoms with Crippen LogP contribution in [0.1, 0.15) is 25.9 Å². The second kappa shape index (κ2) is 8.80. The zero-order valence-electron chi connectivity index (χ0n) is 17.2. The molecule has 2 aromatic rings. The lowest BCUT2D eigenvalue weighted by molar-refractivity contribution is -0.135. The van der Waals surface area contributed by atoms with Crippen LogP contribution in [0.5, 0.6) is 0 Å². The van der Waals surface area contributed by atoms with Crippen LogP contribution in [-0.4, -0.2) is 84.2 Å². The van der Waals surface area contributed by atoms with Gasteiger partial charge in [0.05, 0.1) is 12.1 Å². The molecule has 2 fully saturated rings. The third-order valence-corrected chi connectivity index (χ3v) is 7.06. The van der Waals surface area contributed by atoms with Gasteiger partial charge in [0.15, 0.2) is 10.1 Å². The zero-order chi connectivity index (χ0) is 23.8. The Balaban J connectivity index is 0.000000181. The Morgan fingerprint density at radius 3 is 1.53 bits per heavy atom. The molecular weight excluding hydrogens is 486 g/mol. The van der Waals surface area contributed by atoms with Gasteiger partial charge < -0.3 is 9.80 Å². The topological polar surface area (TPSA) is 171 Å². The van der Waals surface area contributed by atoms with Crippen LogP contribution in [0.25, 0.3) is 0 Å². The van der Waals surface area contributed by atoms with Crippen molar-refractivity contribution >= 4 is 41.6 Å². The Bertz CT molecular complexity index is 1130. The van der Waals surface area contributed by atoms with E-state index in [4.69, 9.17) is 15.8 Å². The molecule has 13 nitrogen and oxygen atoms in total. The van der Waals surface area contributed by atoms with Crippen LogP contribution in [0.3, 0.4) is 0 Å². The monoisotopic (exact) mass is 507 g/mol. The van der Waals surface area contributed by atoms with Crippen LogP contribution in [0, 0.1) is 0 Å². The lowest BCUT2D eigenvalue weighted by Crippen LogP contribution is -2.50. The van der Waals surface area contributed by atoms with Gasteiger partial charge in [0, 0.05) is 63.1 Å². The van der Waals surface area contributed by atoms with Crippen LogP contribution >= 0.6 is 10.7 Å². The summed E-state index contributed by atoms with van der Waals surface area (Å²) < 4.78 is 47.0. The first kappa shape index (κ1) is 24.2. The van der Waals surface area contributed by atoms with Crippen molar-refractivity contribution in [3.8, 4) is 0 Å². The van der Waals surface area contributed by atoms with E-state index in [1.807, 2.05) is 0 Å². The normalized spacial score (nSPS) is 17.2. The van der Waals surface area contributed by atoms with Crippen molar-refractivity contribution in [2.75, 3.05) is 26.2 Å². The van der Waals surface area contributed by atoms with Gasteiger partial charge in [0.25, 0.3) is 19.1 Å². The third-order valence-electron chi connectivity index (χ3n) is 5.07. The molecule has 2 amide bonds. The molecular formula is C16H22ClN7O6S2. The van der Waals surface area contributed by atoms with Crippen LogP contribution in [0.2, 0.25) is 0 Å². The van der Waals surface area contributed by atoms with Gasteiger partial charge in [-0.1, -0.05) is 0 Å². The number of carbonyl (C=O) groups excluding carboxylic acids is 2. The molecule has 2 saturated heterocycles. The summed E-state index contributed by atoms with van der Waals surface area (Å²) in [5.41, 5.74) is 0. The molecule has 4 rings (SSSR count). The maximum absolute atomic E-state index is 11.0. The Morgan fingerprint density at radius 2 is 1.25 bits per heavy atom. The fourth-order valence-corrected chi connectivity index (χ4v) is 4.21. The summed E-state index contributed by atoms with van der Waals surface area (Å²) in [6.07, 6.45) is 3.11. The number of carbonyl (C=O) groups is 2. The Labute approximate surface area is 189 Å². The molecule has 2 aliphatic rings. The van der Waals surface area contributed by atoms with Crippen LogP contribution in [0.4, 0.5) is 0 Å². The van der Waals surface area contributed by atoms with Crippen LogP contribution in [0.15, 0.2) is 34.6 Å². The molecule has 4 heterocycles. The van der Waals surface area contributed by atoms with Gasteiger partial charge in [-0.05, 0) is 12.1 Å². The molecule has 2 aromatic heterocycles. The fourth-order valence-electron chi connectivity index (χ4n) is 3.09. The van der Waals surface area contributed by atoms with Crippen molar-refractivity contribution in [3.05, 3.63) is 24.5 Å². The van der Waals surface area contributed by atoms with Gasteiger partial charge in [-0.2, -0.15) is 10.2 Å². The smallest absolute Gasteiger partial charge is 0.280 e. The van der Waals surface area contributed by atoms with E-state index in [0.717, 1.165) is 0 Å². The second-order valence-electron chi connectivity index (χ2n) is 7.41. The zero-order valence-corrected chi connectivity index (χ0v) is 19.6. The first-order valence-electron chi connectivity index (χ1n) is 9.34. The van der Waals surface area contributed by atoms with Gasteiger partial charge >= 0.3 is 0 Å². The van der Waals surface area contributed by atoms with Crippen molar-refractivity contribution in [1.82, 2.24) is 29.4 Å². The highest BCUT2D eigenvalue weighted by Crippen LogP contribution is 2.22. The highest BCUT2D eigenvalue weighted by molar-refractivity contribution is 8.13. The summed E-state index contributed by atoms with van der Waals surface area (Å²) in [4.78, 5) is 25.2. The molecule has 0 unspecified atom stereocenters. The van der Waals surface area contributed by atoms with Gasteiger partial charge in [0.2, 0.25) is 11.8 Å². The molecule has 0 spiro atoms.